The van der Waals surface area contributed by atoms with E-state index in [0.29, 0.717) is 17.5 Å². The number of nitrogens with two attached hydrogens (primary N) is 1. The molecule has 0 aliphatic heterocycles. The topological polar surface area (TPSA) is 94.0 Å². The number of aromatic nitrogens is 3. The first kappa shape index (κ1) is 16.5. The van der Waals surface area contributed by atoms with Crippen LogP contribution < -0.4 is 5.73 Å². The van der Waals surface area contributed by atoms with Gasteiger partial charge in [-0.25, -0.2) is 0 Å². The van der Waals surface area contributed by atoms with E-state index in [-0.39, 0.29) is 11.8 Å². The van der Waals surface area contributed by atoms with Crippen molar-refractivity contribution in [2.75, 3.05) is 5.75 Å². The van der Waals surface area contributed by atoms with Gasteiger partial charge in [0, 0.05) is 0 Å². The number of hydrogen-bond acceptors (Lipinski definition) is 5. The lowest BCUT2D eigenvalue weighted by molar-refractivity contribution is -0.133. The van der Waals surface area contributed by atoms with Crippen LogP contribution in [0.5, 0.6) is 0 Å². The Morgan fingerprint density at radius 1 is 1.36 bits per heavy atom. The molecule has 3 N–H and O–H groups in total. The van der Waals surface area contributed by atoms with E-state index in [9.17, 15) is 4.79 Å². The van der Waals surface area contributed by atoms with Crippen LogP contribution in [0.1, 0.15) is 36.3 Å². The van der Waals surface area contributed by atoms with Crippen molar-refractivity contribution < 1.29 is 9.90 Å². The third-order valence-corrected chi connectivity index (χ3v) is 4.25. The summed E-state index contributed by atoms with van der Waals surface area (Å²) in [6.07, 6.45) is 0.746. The molecule has 1 aromatic heterocycles. The molecular formula is C15H20N4O2S. The quantitative estimate of drug-likeness (QED) is 0.760. The summed E-state index contributed by atoms with van der Waals surface area (Å²) in [5, 5.41) is 17.7. The number of benzene rings is 1. The van der Waals surface area contributed by atoms with E-state index in [4.69, 9.17) is 10.8 Å². The Labute approximate surface area is 133 Å². The summed E-state index contributed by atoms with van der Waals surface area (Å²) in [6.45, 7) is 4.60. The van der Waals surface area contributed by atoms with Crippen molar-refractivity contribution in [1.29, 1.82) is 0 Å². The number of aryl methyl sites for hydroxylation is 1. The maximum Gasteiger partial charge on any atom is 0.313 e. The molecule has 7 heteroatoms. The highest BCUT2D eigenvalue weighted by molar-refractivity contribution is 7.99. The average Bonchev–Trinajstić information content (AvgIpc) is 2.89. The fraction of sp³-hybridized carbons (Fsp3) is 0.400. The third-order valence-electron chi connectivity index (χ3n) is 3.30. The summed E-state index contributed by atoms with van der Waals surface area (Å²) in [6, 6.07) is 7.97. The van der Waals surface area contributed by atoms with Crippen molar-refractivity contribution in [3.8, 4) is 0 Å². The molecule has 0 aliphatic carbocycles. The van der Waals surface area contributed by atoms with Gasteiger partial charge in [-0.1, -0.05) is 48.5 Å². The van der Waals surface area contributed by atoms with Crippen molar-refractivity contribution in [2.45, 2.75) is 38.0 Å². The highest BCUT2D eigenvalue weighted by Gasteiger charge is 2.18. The second kappa shape index (κ2) is 7.42. The predicted molar refractivity (Wildman–Crippen MR) is 85.9 cm³/mol. The summed E-state index contributed by atoms with van der Waals surface area (Å²) in [4.78, 5) is 10.8. The van der Waals surface area contributed by atoms with Gasteiger partial charge in [-0.3, -0.25) is 4.79 Å². The molecule has 2 aromatic rings. The Morgan fingerprint density at radius 3 is 2.64 bits per heavy atom. The van der Waals surface area contributed by atoms with Gasteiger partial charge in [0.15, 0.2) is 11.0 Å². The Kier molecular flexibility index (Phi) is 5.57. The summed E-state index contributed by atoms with van der Waals surface area (Å²) < 4.78 is 1.91. The second-order valence-corrected chi connectivity index (χ2v) is 6.05. The van der Waals surface area contributed by atoms with Gasteiger partial charge in [0.05, 0.1) is 18.3 Å². The smallest absolute Gasteiger partial charge is 0.313 e. The van der Waals surface area contributed by atoms with Crippen LogP contribution in [0.4, 0.5) is 0 Å². The summed E-state index contributed by atoms with van der Waals surface area (Å²) >= 11 is 1.16. The molecule has 0 aliphatic rings. The van der Waals surface area contributed by atoms with Gasteiger partial charge < -0.3 is 15.4 Å². The van der Waals surface area contributed by atoms with E-state index in [0.717, 1.165) is 23.7 Å². The van der Waals surface area contributed by atoms with Crippen molar-refractivity contribution in [3.63, 3.8) is 0 Å². The van der Waals surface area contributed by atoms with E-state index >= 15 is 0 Å². The molecule has 0 amide bonds. The standard InChI is InChI=1S/C15H20N4O2S/c1-3-12(16)14-17-18-15(22-9-13(20)21)19(14)8-11-6-4-10(2)5-7-11/h4-7,12H,3,8-9,16H2,1-2H3,(H,20,21). The number of nitrogens with zero attached hydrogens (tertiary/aromatic N) is 3. The van der Waals surface area contributed by atoms with E-state index in [1.807, 2.05) is 42.7 Å². The Hall–Kier alpha value is -1.86. The maximum atomic E-state index is 10.8. The van der Waals surface area contributed by atoms with Gasteiger partial charge in [0.2, 0.25) is 0 Å². The fourth-order valence-electron chi connectivity index (χ4n) is 2.01. The van der Waals surface area contributed by atoms with Gasteiger partial charge in [0.1, 0.15) is 0 Å². The molecule has 1 heterocycles. The van der Waals surface area contributed by atoms with Crippen molar-refractivity contribution in [2.24, 2.45) is 5.73 Å². The zero-order valence-corrected chi connectivity index (χ0v) is 13.5. The zero-order valence-electron chi connectivity index (χ0n) is 12.7. The molecule has 0 saturated heterocycles. The number of carboxylic acid groups (broad SMARTS) is 1. The van der Waals surface area contributed by atoms with E-state index in [1.54, 1.807) is 0 Å². The van der Waals surface area contributed by atoms with Crippen molar-refractivity contribution in [1.82, 2.24) is 14.8 Å². The first-order valence-electron chi connectivity index (χ1n) is 7.10. The first-order valence-corrected chi connectivity index (χ1v) is 8.08. The van der Waals surface area contributed by atoms with Crippen LogP contribution in [0.25, 0.3) is 0 Å². The summed E-state index contributed by atoms with van der Waals surface area (Å²) in [7, 11) is 0. The molecule has 0 spiro atoms. The Morgan fingerprint density at radius 2 is 2.05 bits per heavy atom. The number of hydrogen-bond donors (Lipinski definition) is 2. The molecule has 1 unspecified atom stereocenters. The molecule has 0 fully saturated rings. The van der Waals surface area contributed by atoms with Crippen LogP contribution in [-0.2, 0) is 11.3 Å². The Bertz CT molecular complexity index is 639. The highest BCUT2D eigenvalue weighted by Crippen LogP contribution is 2.22. The van der Waals surface area contributed by atoms with Crippen molar-refractivity contribution >= 4 is 17.7 Å². The summed E-state index contributed by atoms with van der Waals surface area (Å²) in [5.74, 6) is -0.236. The molecule has 1 aromatic carbocycles. The number of aliphatic carboxylic acids is 1. The molecule has 0 radical (unpaired) electrons. The zero-order chi connectivity index (χ0) is 16.1. The number of thioether (sulfide) groups is 1. The van der Waals surface area contributed by atoms with Gasteiger partial charge in [-0.15, -0.1) is 10.2 Å². The van der Waals surface area contributed by atoms with Crippen LogP contribution in [0.3, 0.4) is 0 Å². The molecule has 0 saturated carbocycles. The minimum atomic E-state index is -0.878. The van der Waals surface area contributed by atoms with Gasteiger partial charge >= 0.3 is 5.97 Å². The lowest BCUT2D eigenvalue weighted by atomic mass is 10.1. The summed E-state index contributed by atoms with van der Waals surface area (Å²) in [5.41, 5.74) is 8.39. The number of carbonyl (C=O) groups is 1. The average molecular weight is 320 g/mol. The van der Waals surface area contributed by atoms with E-state index < -0.39 is 5.97 Å². The lowest BCUT2D eigenvalue weighted by Crippen LogP contribution is -2.17. The Balaban J connectivity index is 2.29. The predicted octanol–water partition coefficient (Wildman–Crippen LogP) is 2.22. The minimum absolute atomic E-state index is 0.0482. The highest BCUT2D eigenvalue weighted by atomic mass is 32.2. The van der Waals surface area contributed by atoms with Crippen LogP contribution >= 0.6 is 11.8 Å². The SMILES string of the molecule is CCC(N)c1nnc(SCC(=O)O)n1Cc1ccc(C)cc1. The monoisotopic (exact) mass is 320 g/mol. The molecule has 22 heavy (non-hydrogen) atoms. The van der Waals surface area contributed by atoms with Gasteiger partial charge in [-0.2, -0.15) is 0 Å². The second-order valence-electron chi connectivity index (χ2n) is 5.11. The molecule has 1 atom stereocenters. The van der Waals surface area contributed by atoms with Crippen LogP contribution in [-0.4, -0.2) is 31.6 Å². The van der Waals surface area contributed by atoms with E-state index in [2.05, 4.69) is 10.2 Å². The van der Waals surface area contributed by atoms with Crippen LogP contribution in [0.2, 0.25) is 0 Å². The maximum absolute atomic E-state index is 10.8. The fourth-order valence-corrected chi connectivity index (χ4v) is 2.68. The minimum Gasteiger partial charge on any atom is -0.481 e. The largest absolute Gasteiger partial charge is 0.481 e. The molecule has 2 rings (SSSR count). The molecule has 6 nitrogen and oxygen atoms in total. The number of carboxylic acids is 1. The van der Waals surface area contributed by atoms with Gasteiger partial charge in [0.25, 0.3) is 0 Å². The first-order chi connectivity index (χ1) is 10.5. The van der Waals surface area contributed by atoms with Crippen LogP contribution in [0.15, 0.2) is 29.4 Å². The van der Waals surface area contributed by atoms with Gasteiger partial charge in [-0.05, 0) is 18.9 Å². The lowest BCUT2D eigenvalue weighted by Gasteiger charge is -2.13. The number of rotatable bonds is 7. The van der Waals surface area contributed by atoms with E-state index in [1.165, 1.54) is 5.56 Å². The van der Waals surface area contributed by atoms with Crippen molar-refractivity contribution in [3.05, 3.63) is 41.2 Å². The normalized spacial score (nSPS) is 12.3. The molecular weight excluding hydrogens is 300 g/mol. The molecule has 118 valence electrons. The molecule has 0 bridgehead atoms. The third kappa shape index (κ3) is 4.08. The van der Waals surface area contributed by atoms with Crippen LogP contribution in [0, 0.1) is 6.92 Å².